The number of nitrogens with one attached hydrogen (secondary N) is 1. The van der Waals surface area contributed by atoms with Gasteiger partial charge in [-0.2, -0.15) is 0 Å². The van der Waals surface area contributed by atoms with Crippen molar-refractivity contribution in [2.24, 2.45) is 5.73 Å². The third kappa shape index (κ3) is 6.38. The van der Waals surface area contributed by atoms with Crippen LogP contribution in [0, 0.1) is 17.7 Å². The molecule has 0 saturated carbocycles. The minimum absolute atomic E-state index is 0.0176. The lowest BCUT2D eigenvalue weighted by Crippen LogP contribution is -2.26. The van der Waals surface area contributed by atoms with E-state index in [0.29, 0.717) is 12.0 Å². The van der Waals surface area contributed by atoms with Gasteiger partial charge in [0.2, 0.25) is 0 Å². The monoisotopic (exact) mass is 312 g/mol. The highest BCUT2D eigenvalue weighted by molar-refractivity contribution is 7.90. The summed E-state index contributed by atoms with van der Waals surface area (Å²) in [5, 5.41) is 2.55. The van der Waals surface area contributed by atoms with E-state index in [4.69, 9.17) is 5.73 Å². The Labute approximate surface area is 123 Å². The first-order valence-electron chi connectivity index (χ1n) is 6.28. The summed E-state index contributed by atoms with van der Waals surface area (Å²) in [5.41, 5.74) is 5.75. The molecule has 0 aromatic heterocycles. The second-order valence-corrected chi connectivity index (χ2v) is 6.69. The van der Waals surface area contributed by atoms with Gasteiger partial charge in [-0.05, 0) is 24.6 Å². The number of amides is 1. The number of hydrogen-bond donors (Lipinski definition) is 2. The van der Waals surface area contributed by atoms with Crippen LogP contribution in [0.25, 0.3) is 0 Å². The Morgan fingerprint density at radius 1 is 1.43 bits per heavy atom. The van der Waals surface area contributed by atoms with Crippen LogP contribution in [0.1, 0.15) is 22.3 Å². The van der Waals surface area contributed by atoms with E-state index in [2.05, 4.69) is 17.2 Å². The number of carbonyl (C=O) groups is 1. The van der Waals surface area contributed by atoms with Gasteiger partial charge in [0.25, 0.3) is 5.91 Å². The fourth-order valence-electron chi connectivity index (χ4n) is 1.59. The van der Waals surface area contributed by atoms with E-state index in [1.165, 1.54) is 12.1 Å². The van der Waals surface area contributed by atoms with Gasteiger partial charge in [-0.15, -0.1) is 0 Å². The standard InChI is InChI=1S/C14H17FN2O3S/c1-21(19,20)9-3-8-17-14(18)13-10-12(15)6-5-11(13)4-2-7-16/h5-6,10H,3,7-9,16H2,1H3,(H,17,18). The zero-order valence-electron chi connectivity index (χ0n) is 11.6. The van der Waals surface area contributed by atoms with E-state index >= 15 is 0 Å². The van der Waals surface area contributed by atoms with Gasteiger partial charge >= 0.3 is 0 Å². The first-order valence-corrected chi connectivity index (χ1v) is 8.34. The average Bonchev–Trinajstić information content (AvgIpc) is 2.41. The number of hydrogen-bond acceptors (Lipinski definition) is 4. The molecule has 7 heteroatoms. The van der Waals surface area contributed by atoms with Gasteiger partial charge in [-0.25, -0.2) is 12.8 Å². The average molecular weight is 312 g/mol. The summed E-state index contributed by atoms with van der Waals surface area (Å²) in [6.07, 6.45) is 1.42. The van der Waals surface area contributed by atoms with Crippen molar-refractivity contribution in [3.05, 3.63) is 35.1 Å². The number of rotatable bonds is 5. The molecule has 1 aromatic rings. The molecule has 0 fully saturated rings. The third-order valence-corrected chi connectivity index (χ3v) is 3.56. The normalized spacial score (nSPS) is 10.6. The van der Waals surface area contributed by atoms with Crippen LogP contribution in [-0.4, -0.2) is 39.4 Å². The highest BCUT2D eigenvalue weighted by atomic mass is 32.2. The fraction of sp³-hybridized carbons (Fsp3) is 0.357. The summed E-state index contributed by atoms with van der Waals surface area (Å²) in [6.45, 7) is 0.318. The van der Waals surface area contributed by atoms with Crippen molar-refractivity contribution in [1.29, 1.82) is 0 Å². The van der Waals surface area contributed by atoms with Crippen LogP contribution in [0.2, 0.25) is 0 Å². The number of carbonyl (C=O) groups excluding carboxylic acids is 1. The van der Waals surface area contributed by atoms with Crippen LogP contribution in [-0.2, 0) is 9.84 Å². The first-order chi connectivity index (χ1) is 9.83. The molecule has 21 heavy (non-hydrogen) atoms. The van der Waals surface area contributed by atoms with Crippen LogP contribution >= 0.6 is 0 Å². The minimum Gasteiger partial charge on any atom is -0.352 e. The summed E-state index contributed by atoms with van der Waals surface area (Å²) in [7, 11) is -3.06. The molecule has 0 atom stereocenters. The maximum Gasteiger partial charge on any atom is 0.252 e. The molecular formula is C14H17FN2O3S. The van der Waals surface area contributed by atoms with Gasteiger partial charge in [0.05, 0.1) is 17.9 Å². The number of nitrogens with two attached hydrogens (primary N) is 1. The molecule has 0 aliphatic carbocycles. The van der Waals surface area contributed by atoms with E-state index in [-0.39, 0.29) is 24.4 Å². The van der Waals surface area contributed by atoms with Crippen LogP contribution in [0.5, 0.6) is 0 Å². The molecule has 1 rings (SSSR count). The molecule has 114 valence electrons. The van der Waals surface area contributed by atoms with E-state index < -0.39 is 21.6 Å². The van der Waals surface area contributed by atoms with E-state index in [1.54, 1.807) is 0 Å². The third-order valence-electron chi connectivity index (χ3n) is 2.53. The molecule has 0 aliphatic rings. The topological polar surface area (TPSA) is 89.3 Å². The lowest BCUT2D eigenvalue weighted by atomic mass is 10.1. The van der Waals surface area contributed by atoms with Gasteiger partial charge in [-0.3, -0.25) is 4.79 Å². The molecule has 0 aliphatic heterocycles. The highest BCUT2D eigenvalue weighted by Gasteiger charge is 2.11. The smallest absolute Gasteiger partial charge is 0.252 e. The van der Waals surface area contributed by atoms with Crippen LogP contribution in [0.3, 0.4) is 0 Å². The molecule has 5 nitrogen and oxygen atoms in total. The van der Waals surface area contributed by atoms with Gasteiger partial charge in [-0.1, -0.05) is 11.8 Å². The summed E-state index contributed by atoms with van der Waals surface area (Å²) in [6, 6.07) is 3.71. The second kappa shape index (κ2) is 7.76. The maximum atomic E-state index is 13.2. The van der Waals surface area contributed by atoms with Crippen LogP contribution in [0.4, 0.5) is 4.39 Å². The first kappa shape index (κ1) is 17.1. The van der Waals surface area contributed by atoms with Crippen LogP contribution in [0.15, 0.2) is 18.2 Å². The number of sulfone groups is 1. The predicted molar refractivity (Wildman–Crippen MR) is 79.0 cm³/mol. The zero-order valence-corrected chi connectivity index (χ0v) is 12.5. The second-order valence-electron chi connectivity index (χ2n) is 4.44. The SMILES string of the molecule is CS(=O)(=O)CCCNC(=O)c1cc(F)ccc1C#CCN. The van der Waals surface area contributed by atoms with Gasteiger partial charge in [0, 0.05) is 18.4 Å². The Kier molecular flexibility index (Phi) is 6.34. The minimum atomic E-state index is -3.06. The molecular weight excluding hydrogens is 295 g/mol. The van der Waals surface area contributed by atoms with Crippen molar-refractivity contribution in [2.75, 3.05) is 25.1 Å². The molecule has 0 radical (unpaired) electrons. The summed E-state index contributed by atoms with van der Waals surface area (Å²) in [5.74, 6) is 4.24. The Hall–Kier alpha value is -1.91. The molecule has 0 heterocycles. The van der Waals surface area contributed by atoms with E-state index in [9.17, 15) is 17.6 Å². The van der Waals surface area contributed by atoms with Crippen molar-refractivity contribution in [1.82, 2.24) is 5.32 Å². The Balaban J connectivity index is 2.75. The van der Waals surface area contributed by atoms with Crippen molar-refractivity contribution in [2.45, 2.75) is 6.42 Å². The summed E-state index contributed by atoms with van der Waals surface area (Å²) in [4.78, 5) is 12.0. The predicted octanol–water partition coefficient (Wildman–Crippen LogP) is 0.300. The molecule has 0 spiro atoms. The lowest BCUT2D eigenvalue weighted by molar-refractivity contribution is 0.0953. The largest absolute Gasteiger partial charge is 0.352 e. The lowest BCUT2D eigenvalue weighted by Gasteiger charge is -2.07. The fourth-order valence-corrected chi connectivity index (χ4v) is 2.26. The number of halogens is 1. The van der Waals surface area contributed by atoms with Crippen molar-refractivity contribution >= 4 is 15.7 Å². The van der Waals surface area contributed by atoms with Gasteiger partial charge in [0.1, 0.15) is 15.7 Å². The quantitative estimate of drug-likeness (QED) is 0.604. The van der Waals surface area contributed by atoms with Crippen molar-refractivity contribution in [3.8, 4) is 11.8 Å². The molecule has 0 bridgehead atoms. The van der Waals surface area contributed by atoms with Crippen molar-refractivity contribution in [3.63, 3.8) is 0 Å². The summed E-state index contributed by atoms with van der Waals surface area (Å²) < 4.78 is 35.2. The molecule has 3 N–H and O–H groups in total. The number of benzene rings is 1. The van der Waals surface area contributed by atoms with E-state index in [1.807, 2.05) is 0 Å². The Bertz CT molecular complexity index is 675. The van der Waals surface area contributed by atoms with E-state index in [0.717, 1.165) is 12.3 Å². The molecule has 0 saturated heterocycles. The van der Waals surface area contributed by atoms with Gasteiger partial charge in [0.15, 0.2) is 0 Å². The molecule has 0 unspecified atom stereocenters. The maximum absolute atomic E-state index is 13.2. The molecule has 1 amide bonds. The zero-order chi connectivity index (χ0) is 15.9. The Morgan fingerprint density at radius 3 is 2.76 bits per heavy atom. The summed E-state index contributed by atoms with van der Waals surface area (Å²) >= 11 is 0. The van der Waals surface area contributed by atoms with Crippen LogP contribution < -0.4 is 11.1 Å². The highest BCUT2D eigenvalue weighted by Crippen LogP contribution is 2.10. The Morgan fingerprint density at radius 2 is 2.14 bits per heavy atom. The van der Waals surface area contributed by atoms with Crippen molar-refractivity contribution < 1.29 is 17.6 Å². The molecule has 1 aromatic carbocycles. The van der Waals surface area contributed by atoms with Gasteiger partial charge < -0.3 is 11.1 Å².